The van der Waals surface area contributed by atoms with E-state index in [2.05, 4.69) is 9.97 Å². The highest BCUT2D eigenvalue weighted by Crippen LogP contribution is 2.16. The number of morpholine rings is 1. The van der Waals surface area contributed by atoms with Crippen LogP contribution in [0.1, 0.15) is 16.1 Å². The van der Waals surface area contributed by atoms with Crippen molar-refractivity contribution in [1.82, 2.24) is 14.9 Å². The third kappa shape index (κ3) is 3.28. The number of nitrogens with zero attached hydrogens (tertiary/aromatic N) is 2. The number of rotatable bonds is 4. The molecule has 116 valence electrons. The summed E-state index contributed by atoms with van der Waals surface area (Å²) in [5, 5.41) is 0. The number of ether oxygens (including phenoxy) is 2. The van der Waals surface area contributed by atoms with Crippen molar-refractivity contribution in [3.05, 3.63) is 48.0 Å². The number of amides is 1. The van der Waals surface area contributed by atoms with E-state index < -0.39 is 0 Å². The molecule has 0 bridgehead atoms. The largest absolute Gasteiger partial charge is 0.497 e. The van der Waals surface area contributed by atoms with E-state index in [1.54, 1.807) is 13.3 Å². The van der Waals surface area contributed by atoms with Gasteiger partial charge in [-0.15, -0.1) is 0 Å². The molecule has 0 spiro atoms. The summed E-state index contributed by atoms with van der Waals surface area (Å²) in [6.45, 7) is 1.75. The van der Waals surface area contributed by atoms with Gasteiger partial charge in [-0.1, -0.05) is 12.1 Å². The molecule has 3 rings (SSSR count). The number of nitrogens with one attached hydrogen (secondary N) is 1. The molecular formula is C16H19N3O3. The second-order valence-electron chi connectivity index (χ2n) is 5.26. The van der Waals surface area contributed by atoms with Crippen molar-refractivity contribution in [3.63, 3.8) is 0 Å². The van der Waals surface area contributed by atoms with Gasteiger partial charge in [-0.25, -0.2) is 4.98 Å². The first-order valence-electron chi connectivity index (χ1n) is 7.28. The third-order valence-corrected chi connectivity index (χ3v) is 3.78. The lowest BCUT2D eigenvalue weighted by molar-refractivity contribution is -0.0210. The quantitative estimate of drug-likeness (QED) is 0.929. The number of carbonyl (C=O) groups excluding carboxylic acids is 1. The minimum Gasteiger partial charge on any atom is -0.497 e. The Balaban J connectivity index is 1.61. The number of hydrogen-bond acceptors (Lipinski definition) is 4. The Kier molecular flexibility index (Phi) is 4.39. The minimum absolute atomic E-state index is 0.00835. The molecule has 0 aliphatic carbocycles. The van der Waals surface area contributed by atoms with Crippen LogP contribution in [0.15, 0.2) is 36.8 Å². The second-order valence-corrected chi connectivity index (χ2v) is 5.26. The van der Waals surface area contributed by atoms with Crippen LogP contribution in [-0.4, -0.2) is 53.7 Å². The van der Waals surface area contributed by atoms with E-state index in [9.17, 15) is 4.79 Å². The molecule has 1 fully saturated rings. The Hall–Kier alpha value is -2.34. The molecule has 1 aromatic heterocycles. The molecule has 0 saturated carbocycles. The van der Waals surface area contributed by atoms with Crippen LogP contribution in [-0.2, 0) is 11.2 Å². The first-order valence-corrected chi connectivity index (χ1v) is 7.28. The highest BCUT2D eigenvalue weighted by Gasteiger charge is 2.25. The molecule has 1 unspecified atom stereocenters. The zero-order chi connectivity index (χ0) is 15.4. The van der Waals surface area contributed by atoms with Gasteiger partial charge in [0.05, 0.1) is 32.3 Å². The number of hydrogen-bond donors (Lipinski definition) is 1. The van der Waals surface area contributed by atoms with Crippen LogP contribution in [0.2, 0.25) is 0 Å². The Labute approximate surface area is 129 Å². The van der Waals surface area contributed by atoms with Gasteiger partial charge in [-0.3, -0.25) is 4.79 Å². The van der Waals surface area contributed by atoms with Gasteiger partial charge in [-0.2, -0.15) is 0 Å². The molecule has 0 radical (unpaired) electrons. The molecule has 1 saturated heterocycles. The Morgan fingerprint density at radius 3 is 2.95 bits per heavy atom. The maximum Gasteiger partial charge on any atom is 0.272 e. The summed E-state index contributed by atoms with van der Waals surface area (Å²) >= 11 is 0. The topological polar surface area (TPSA) is 67.5 Å². The molecule has 6 heteroatoms. The van der Waals surface area contributed by atoms with Gasteiger partial charge in [0.1, 0.15) is 11.4 Å². The summed E-state index contributed by atoms with van der Waals surface area (Å²) in [5.74, 6) is 0.810. The van der Waals surface area contributed by atoms with Crippen molar-refractivity contribution in [2.24, 2.45) is 0 Å². The Morgan fingerprint density at radius 1 is 1.45 bits per heavy atom. The summed E-state index contributed by atoms with van der Waals surface area (Å²) in [4.78, 5) is 20.9. The summed E-state index contributed by atoms with van der Waals surface area (Å²) in [7, 11) is 1.65. The maximum atomic E-state index is 12.3. The van der Waals surface area contributed by atoms with Gasteiger partial charge in [-0.05, 0) is 17.7 Å². The summed E-state index contributed by atoms with van der Waals surface area (Å²) in [6, 6.07) is 7.92. The maximum absolute atomic E-state index is 12.3. The standard InChI is InChI=1S/C16H19N3O3/c1-21-13-4-2-12(3-5-13)8-14-10-19(6-7-22-14)16(20)15-9-17-11-18-15/h2-5,9,11,14H,6-8,10H2,1H3,(H,17,18). The van der Waals surface area contributed by atoms with Crippen LogP contribution in [0.25, 0.3) is 0 Å². The van der Waals surface area contributed by atoms with Crippen LogP contribution in [0.3, 0.4) is 0 Å². The van der Waals surface area contributed by atoms with E-state index in [0.29, 0.717) is 25.4 Å². The SMILES string of the molecule is COc1ccc(CC2CN(C(=O)c3cnc[nH]3)CCO2)cc1. The normalized spacial score (nSPS) is 18.2. The van der Waals surface area contributed by atoms with E-state index in [4.69, 9.17) is 9.47 Å². The molecule has 2 heterocycles. The van der Waals surface area contributed by atoms with Crippen molar-refractivity contribution >= 4 is 5.91 Å². The number of benzene rings is 1. The highest BCUT2D eigenvalue weighted by molar-refractivity contribution is 5.92. The molecule has 22 heavy (non-hydrogen) atoms. The van der Waals surface area contributed by atoms with Crippen molar-refractivity contribution in [1.29, 1.82) is 0 Å². The lowest BCUT2D eigenvalue weighted by Gasteiger charge is -2.32. The molecule has 1 amide bonds. The van der Waals surface area contributed by atoms with Crippen molar-refractivity contribution in [3.8, 4) is 5.75 Å². The molecule has 6 nitrogen and oxygen atoms in total. The number of carbonyl (C=O) groups is 1. The van der Waals surface area contributed by atoms with Gasteiger partial charge in [0.15, 0.2) is 0 Å². The Bertz CT molecular complexity index is 610. The van der Waals surface area contributed by atoms with E-state index in [0.717, 1.165) is 12.2 Å². The molecule has 1 atom stereocenters. The number of H-pyrrole nitrogens is 1. The minimum atomic E-state index is -0.0273. The predicted molar refractivity (Wildman–Crippen MR) is 80.9 cm³/mol. The first-order chi connectivity index (χ1) is 10.8. The van der Waals surface area contributed by atoms with E-state index in [-0.39, 0.29) is 12.0 Å². The van der Waals surface area contributed by atoms with Crippen molar-refractivity contribution in [2.45, 2.75) is 12.5 Å². The fraction of sp³-hybridized carbons (Fsp3) is 0.375. The molecule has 1 aliphatic rings. The molecule has 2 aromatic rings. The lowest BCUT2D eigenvalue weighted by atomic mass is 10.1. The van der Waals surface area contributed by atoms with Gasteiger partial charge in [0.2, 0.25) is 0 Å². The van der Waals surface area contributed by atoms with Crippen LogP contribution in [0, 0.1) is 0 Å². The predicted octanol–water partition coefficient (Wildman–Crippen LogP) is 1.50. The van der Waals surface area contributed by atoms with E-state index in [1.165, 1.54) is 11.9 Å². The number of aromatic amines is 1. The molecular weight excluding hydrogens is 282 g/mol. The van der Waals surface area contributed by atoms with E-state index in [1.807, 2.05) is 29.2 Å². The van der Waals surface area contributed by atoms with Crippen LogP contribution < -0.4 is 4.74 Å². The zero-order valence-corrected chi connectivity index (χ0v) is 12.5. The van der Waals surface area contributed by atoms with Crippen LogP contribution in [0.5, 0.6) is 5.75 Å². The Morgan fingerprint density at radius 2 is 2.27 bits per heavy atom. The van der Waals surface area contributed by atoms with E-state index >= 15 is 0 Å². The second kappa shape index (κ2) is 6.62. The lowest BCUT2D eigenvalue weighted by Crippen LogP contribution is -2.46. The fourth-order valence-electron chi connectivity index (χ4n) is 2.59. The van der Waals surface area contributed by atoms with Gasteiger partial charge >= 0.3 is 0 Å². The fourth-order valence-corrected chi connectivity index (χ4v) is 2.59. The first kappa shape index (κ1) is 14.6. The smallest absolute Gasteiger partial charge is 0.272 e. The third-order valence-electron chi connectivity index (χ3n) is 3.78. The van der Waals surface area contributed by atoms with Crippen molar-refractivity contribution in [2.75, 3.05) is 26.8 Å². The average Bonchev–Trinajstić information content (AvgIpc) is 3.09. The summed E-state index contributed by atoms with van der Waals surface area (Å²) < 4.78 is 10.9. The highest BCUT2D eigenvalue weighted by atomic mass is 16.5. The van der Waals surface area contributed by atoms with Crippen molar-refractivity contribution < 1.29 is 14.3 Å². The molecule has 1 N–H and O–H groups in total. The zero-order valence-electron chi connectivity index (χ0n) is 12.5. The number of aromatic nitrogens is 2. The summed E-state index contributed by atoms with van der Waals surface area (Å²) in [5.41, 5.74) is 1.69. The number of methoxy groups -OCH3 is 1. The van der Waals surface area contributed by atoms with Crippen LogP contribution in [0.4, 0.5) is 0 Å². The van der Waals surface area contributed by atoms with Crippen LogP contribution >= 0.6 is 0 Å². The van der Waals surface area contributed by atoms with Gasteiger partial charge < -0.3 is 19.4 Å². The monoisotopic (exact) mass is 301 g/mol. The molecule has 1 aromatic carbocycles. The molecule has 1 aliphatic heterocycles. The summed E-state index contributed by atoms with van der Waals surface area (Å²) in [6.07, 6.45) is 3.85. The number of imidazole rings is 1. The van der Waals surface area contributed by atoms with Gasteiger partial charge in [0, 0.05) is 19.5 Å². The van der Waals surface area contributed by atoms with Gasteiger partial charge in [0.25, 0.3) is 5.91 Å². The average molecular weight is 301 g/mol.